The van der Waals surface area contributed by atoms with Gasteiger partial charge in [-0.25, -0.2) is 0 Å². The van der Waals surface area contributed by atoms with Crippen LogP contribution in [0, 0.1) is 5.92 Å². The first kappa shape index (κ1) is 16.8. The zero-order valence-electron chi connectivity index (χ0n) is 15.0. The average molecular weight is 348 g/mol. The first-order chi connectivity index (χ1) is 12.6. The van der Waals surface area contributed by atoms with E-state index < -0.39 is 0 Å². The highest BCUT2D eigenvalue weighted by atomic mass is 16.2. The number of carbonyl (C=O) groups is 2. The molecular formula is C22H24N2O2. The van der Waals surface area contributed by atoms with Crippen molar-refractivity contribution in [3.05, 3.63) is 71.3 Å². The lowest BCUT2D eigenvalue weighted by Crippen LogP contribution is -2.42. The van der Waals surface area contributed by atoms with E-state index in [4.69, 9.17) is 0 Å². The quantitative estimate of drug-likeness (QED) is 0.872. The van der Waals surface area contributed by atoms with Gasteiger partial charge < -0.3 is 10.2 Å². The zero-order chi connectivity index (χ0) is 18.1. The molecule has 1 fully saturated rings. The summed E-state index contributed by atoms with van der Waals surface area (Å²) in [4.78, 5) is 26.0. The minimum Gasteiger partial charge on any atom is -0.351 e. The first-order valence-corrected chi connectivity index (χ1v) is 9.30. The summed E-state index contributed by atoms with van der Waals surface area (Å²) < 4.78 is 0. The lowest BCUT2D eigenvalue weighted by atomic mass is 10.1. The molecule has 3 atom stereocenters. The predicted octanol–water partition coefficient (Wildman–Crippen LogP) is 2.53. The molecule has 2 aliphatic rings. The highest BCUT2D eigenvalue weighted by molar-refractivity contribution is 5.84. The molecule has 134 valence electrons. The van der Waals surface area contributed by atoms with Crippen molar-refractivity contribution >= 4 is 11.8 Å². The zero-order valence-corrected chi connectivity index (χ0v) is 15.0. The number of nitrogens with one attached hydrogen (secondary N) is 1. The van der Waals surface area contributed by atoms with Gasteiger partial charge >= 0.3 is 0 Å². The summed E-state index contributed by atoms with van der Waals surface area (Å²) in [5.41, 5.74) is 3.98. The van der Waals surface area contributed by atoms with Gasteiger partial charge in [-0.1, -0.05) is 54.6 Å². The summed E-state index contributed by atoms with van der Waals surface area (Å²) in [7, 11) is 0. The molecule has 4 rings (SSSR count). The summed E-state index contributed by atoms with van der Waals surface area (Å²) in [5, 5.41) is 3.15. The van der Waals surface area contributed by atoms with Gasteiger partial charge in [0.1, 0.15) is 0 Å². The van der Waals surface area contributed by atoms with Crippen LogP contribution in [0.4, 0.5) is 0 Å². The van der Waals surface area contributed by atoms with E-state index in [9.17, 15) is 9.59 Å². The Kier molecular flexibility index (Phi) is 4.49. The summed E-state index contributed by atoms with van der Waals surface area (Å²) in [5.74, 6) is 0.888. The molecule has 0 unspecified atom stereocenters. The molecular weight excluding hydrogens is 324 g/mol. The molecule has 0 saturated heterocycles. The van der Waals surface area contributed by atoms with Gasteiger partial charge in [-0.05, 0) is 35.4 Å². The van der Waals surface area contributed by atoms with Crippen molar-refractivity contribution in [2.75, 3.05) is 13.1 Å². The molecule has 4 heteroatoms. The summed E-state index contributed by atoms with van der Waals surface area (Å²) in [6, 6.07) is 18.8. The number of nitrogens with zero attached hydrogens (tertiary/aromatic N) is 1. The van der Waals surface area contributed by atoms with Crippen LogP contribution in [0.1, 0.15) is 29.5 Å². The van der Waals surface area contributed by atoms with Crippen LogP contribution in [0.2, 0.25) is 0 Å². The van der Waals surface area contributed by atoms with Crippen LogP contribution in [0.15, 0.2) is 54.6 Å². The van der Waals surface area contributed by atoms with Crippen LogP contribution in [0.5, 0.6) is 0 Å². The second-order valence-electron chi connectivity index (χ2n) is 7.36. The van der Waals surface area contributed by atoms with Crippen molar-refractivity contribution in [1.29, 1.82) is 0 Å². The molecule has 0 aromatic heterocycles. The highest BCUT2D eigenvalue weighted by Crippen LogP contribution is 2.56. The van der Waals surface area contributed by atoms with E-state index in [1.54, 1.807) is 4.90 Å². The van der Waals surface area contributed by atoms with Gasteiger partial charge in [0.05, 0.1) is 6.54 Å². The number of hydrogen-bond acceptors (Lipinski definition) is 2. The Labute approximate surface area is 154 Å². The molecule has 0 bridgehead atoms. The van der Waals surface area contributed by atoms with Crippen molar-refractivity contribution in [3.8, 4) is 0 Å². The fraction of sp³-hybridized carbons (Fsp3) is 0.364. The Balaban J connectivity index is 1.30. The van der Waals surface area contributed by atoms with Gasteiger partial charge in [-0.2, -0.15) is 0 Å². The molecule has 0 aliphatic heterocycles. The van der Waals surface area contributed by atoms with E-state index in [-0.39, 0.29) is 24.4 Å². The van der Waals surface area contributed by atoms with Gasteiger partial charge in [0.25, 0.3) is 0 Å². The maximum Gasteiger partial charge on any atom is 0.239 e. The van der Waals surface area contributed by atoms with Gasteiger partial charge in [-0.15, -0.1) is 0 Å². The van der Waals surface area contributed by atoms with E-state index >= 15 is 0 Å². The SMILES string of the molecule is CC(=O)N(CCc1ccccc1)CC(=O)N[C@@H]1[C@H]2Cc3ccccc3[C@@H]21. The number of hydrogen-bond donors (Lipinski definition) is 1. The van der Waals surface area contributed by atoms with Gasteiger partial charge in [-0.3, -0.25) is 9.59 Å². The average Bonchev–Trinajstić information content (AvgIpc) is 3.15. The van der Waals surface area contributed by atoms with Crippen molar-refractivity contribution in [1.82, 2.24) is 10.2 Å². The number of carbonyl (C=O) groups excluding carboxylic acids is 2. The fourth-order valence-corrected chi connectivity index (χ4v) is 4.21. The van der Waals surface area contributed by atoms with Crippen molar-refractivity contribution in [2.45, 2.75) is 31.7 Å². The summed E-state index contributed by atoms with van der Waals surface area (Å²) >= 11 is 0. The van der Waals surface area contributed by atoms with Gasteiger partial charge in [0, 0.05) is 25.4 Å². The predicted molar refractivity (Wildman–Crippen MR) is 101 cm³/mol. The fourth-order valence-electron chi connectivity index (χ4n) is 4.21. The molecule has 4 nitrogen and oxygen atoms in total. The first-order valence-electron chi connectivity index (χ1n) is 9.30. The number of benzene rings is 2. The minimum absolute atomic E-state index is 0.0508. The maximum atomic E-state index is 12.5. The summed E-state index contributed by atoms with van der Waals surface area (Å²) in [6.45, 7) is 2.23. The Hall–Kier alpha value is -2.62. The van der Waals surface area contributed by atoms with Crippen molar-refractivity contribution < 1.29 is 9.59 Å². The van der Waals surface area contributed by atoms with Crippen LogP contribution in [0.3, 0.4) is 0 Å². The smallest absolute Gasteiger partial charge is 0.239 e. The van der Waals surface area contributed by atoms with Crippen LogP contribution in [0.25, 0.3) is 0 Å². The molecule has 2 aromatic carbocycles. The Bertz CT molecular complexity index is 818. The molecule has 26 heavy (non-hydrogen) atoms. The number of rotatable bonds is 6. The molecule has 2 aliphatic carbocycles. The van der Waals surface area contributed by atoms with Crippen LogP contribution < -0.4 is 5.32 Å². The molecule has 2 aromatic rings. The molecule has 1 saturated carbocycles. The van der Waals surface area contributed by atoms with E-state index in [0.29, 0.717) is 18.4 Å². The Morgan fingerprint density at radius 1 is 1.08 bits per heavy atom. The second-order valence-corrected chi connectivity index (χ2v) is 7.36. The second kappa shape index (κ2) is 6.94. The third-order valence-electron chi connectivity index (χ3n) is 5.66. The van der Waals surface area contributed by atoms with E-state index in [2.05, 4.69) is 29.6 Å². The highest BCUT2D eigenvalue weighted by Gasteiger charge is 2.56. The van der Waals surface area contributed by atoms with Crippen molar-refractivity contribution in [2.24, 2.45) is 5.92 Å². The number of amides is 2. The van der Waals surface area contributed by atoms with Crippen LogP contribution >= 0.6 is 0 Å². The molecule has 2 amide bonds. The van der Waals surface area contributed by atoms with Crippen LogP contribution in [-0.2, 0) is 22.4 Å². The normalized spacial score (nSPS) is 22.3. The Morgan fingerprint density at radius 3 is 2.58 bits per heavy atom. The minimum atomic E-state index is -0.0579. The standard InChI is InChI=1S/C22H24N2O2/c1-15(25)24(12-11-16-7-3-2-4-8-16)14-20(26)23-22-19-13-17-9-5-6-10-18(17)21(19)22/h2-10,19,21-22H,11-14H2,1H3,(H,23,26)/t19-,21-,22+/m0/s1. The Morgan fingerprint density at radius 2 is 1.81 bits per heavy atom. The topological polar surface area (TPSA) is 49.4 Å². The molecule has 0 spiro atoms. The largest absolute Gasteiger partial charge is 0.351 e. The van der Waals surface area contributed by atoms with E-state index in [1.807, 2.05) is 30.3 Å². The molecule has 0 radical (unpaired) electrons. The third kappa shape index (κ3) is 3.36. The van der Waals surface area contributed by atoms with E-state index in [0.717, 1.165) is 12.8 Å². The molecule has 1 N–H and O–H groups in total. The third-order valence-corrected chi connectivity index (χ3v) is 5.66. The van der Waals surface area contributed by atoms with Crippen LogP contribution in [-0.4, -0.2) is 35.8 Å². The number of fused-ring (bicyclic) bond motifs is 3. The monoisotopic (exact) mass is 348 g/mol. The maximum absolute atomic E-state index is 12.5. The van der Waals surface area contributed by atoms with Crippen molar-refractivity contribution in [3.63, 3.8) is 0 Å². The lowest BCUT2D eigenvalue weighted by Gasteiger charge is -2.21. The summed E-state index contributed by atoms with van der Waals surface area (Å²) in [6.07, 6.45) is 1.81. The van der Waals surface area contributed by atoms with Gasteiger partial charge in [0.15, 0.2) is 0 Å². The molecule has 0 heterocycles. The van der Waals surface area contributed by atoms with Gasteiger partial charge in [0.2, 0.25) is 11.8 Å². The lowest BCUT2D eigenvalue weighted by molar-refractivity contribution is -0.134. The van der Waals surface area contributed by atoms with E-state index in [1.165, 1.54) is 23.6 Å².